The molecule has 26 heavy (non-hydrogen) atoms. The topological polar surface area (TPSA) is 61.9 Å². The number of benzene rings is 2. The number of halogens is 1. The van der Waals surface area contributed by atoms with Gasteiger partial charge >= 0.3 is 0 Å². The summed E-state index contributed by atoms with van der Waals surface area (Å²) in [6.45, 7) is 3.74. The van der Waals surface area contributed by atoms with E-state index < -0.39 is 15.5 Å². The molecule has 8 heteroatoms. The Morgan fingerprint density at radius 1 is 1.00 bits per heavy atom. The molecule has 0 saturated carbocycles. The monoisotopic (exact) mass is 395 g/mol. The van der Waals surface area contributed by atoms with Gasteiger partial charge in [0.1, 0.15) is 5.75 Å². The molecule has 0 radical (unpaired) electrons. The van der Waals surface area contributed by atoms with Crippen LogP contribution in [0.5, 0.6) is 5.75 Å². The fraction of sp³-hybridized carbons (Fsp3) is 0.333. The summed E-state index contributed by atoms with van der Waals surface area (Å²) in [4.78, 5) is 2.13. The van der Waals surface area contributed by atoms with Gasteiger partial charge in [0.05, 0.1) is 17.9 Å². The van der Waals surface area contributed by atoms with Gasteiger partial charge < -0.3 is 10.1 Å². The highest BCUT2D eigenvalue weighted by atomic mass is 35.5. The summed E-state index contributed by atoms with van der Waals surface area (Å²) < 4.78 is 33.9. The summed E-state index contributed by atoms with van der Waals surface area (Å²) in [5.74, 6) is 0.598. The Morgan fingerprint density at radius 3 is 2.38 bits per heavy atom. The van der Waals surface area contributed by atoms with E-state index in [-0.39, 0.29) is 12.4 Å². The summed E-state index contributed by atoms with van der Waals surface area (Å²) in [5.41, 5.74) is 0.273. The lowest BCUT2D eigenvalue weighted by atomic mass is 10.2. The summed E-state index contributed by atoms with van der Waals surface area (Å²) >= 11 is 0. The van der Waals surface area contributed by atoms with Crippen molar-refractivity contribution in [2.24, 2.45) is 0 Å². The van der Waals surface area contributed by atoms with Crippen LogP contribution in [0.25, 0.3) is 0 Å². The maximum absolute atomic E-state index is 13.3. The fourth-order valence-electron chi connectivity index (χ4n) is 3.27. The van der Waals surface area contributed by atoms with E-state index in [9.17, 15) is 8.42 Å². The smallest absolute Gasteiger partial charge is 0.279 e. The number of sulfonamides is 1. The maximum Gasteiger partial charge on any atom is 0.279 e. The number of ether oxygens (including phenoxy) is 1. The molecule has 0 spiro atoms. The zero-order valence-corrected chi connectivity index (χ0v) is 15.9. The zero-order chi connectivity index (χ0) is 17.3. The van der Waals surface area contributed by atoms with Crippen LogP contribution in [0, 0.1) is 0 Å². The average molecular weight is 396 g/mol. The first-order valence-corrected chi connectivity index (χ1v) is 9.94. The third-order valence-corrected chi connectivity index (χ3v) is 6.36. The van der Waals surface area contributed by atoms with Crippen LogP contribution < -0.4 is 14.4 Å². The summed E-state index contributed by atoms with van der Waals surface area (Å²) in [7, 11) is -3.68. The van der Waals surface area contributed by atoms with Crippen LogP contribution in [0.2, 0.25) is 0 Å². The second-order valence-electron chi connectivity index (χ2n) is 6.21. The minimum atomic E-state index is -3.68. The first kappa shape index (κ1) is 19.0. The normalized spacial score (nSPS) is 22.0. The minimum Gasteiger partial charge on any atom is -0.469 e. The predicted molar refractivity (Wildman–Crippen MR) is 105 cm³/mol. The van der Waals surface area contributed by atoms with E-state index in [1.54, 1.807) is 6.07 Å². The Labute approximate surface area is 160 Å². The SMILES string of the molecule is Cl.O=S1(=O)C(CN2CCNCC2)Oc2ccccc2N1c1ccccc1. The fourth-order valence-corrected chi connectivity index (χ4v) is 4.97. The van der Waals surface area contributed by atoms with Crippen molar-refractivity contribution in [3.8, 4) is 5.75 Å². The lowest BCUT2D eigenvalue weighted by Gasteiger charge is -2.38. The first-order valence-electron chi connectivity index (χ1n) is 8.44. The molecular formula is C18H22ClN3O3S. The van der Waals surface area contributed by atoms with E-state index in [2.05, 4.69) is 10.2 Å². The number of piperazine rings is 1. The second-order valence-corrected chi connectivity index (χ2v) is 8.13. The molecule has 140 valence electrons. The van der Waals surface area contributed by atoms with Crippen molar-refractivity contribution in [2.75, 3.05) is 37.0 Å². The van der Waals surface area contributed by atoms with E-state index in [0.717, 1.165) is 26.2 Å². The third kappa shape index (κ3) is 3.53. The Bertz CT molecular complexity index is 842. The van der Waals surface area contributed by atoms with Gasteiger partial charge in [0.25, 0.3) is 10.0 Å². The molecule has 2 aromatic rings. The molecule has 0 aliphatic carbocycles. The molecule has 2 heterocycles. The number of hydrogen-bond donors (Lipinski definition) is 1. The van der Waals surface area contributed by atoms with Gasteiger partial charge in [-0.25, -0.2) is 12.7 Å². The largest absolute Gasteiger partial charge is 0.469 e. The molecular weight excluding hydrogens is 374 g/mol. The molecule has 1 atom stereocenters. The van der Waals surface area contributed by atoms with Gasteiger partial charge in [-0.15, -0.1) is 12.4 Å². The predicted octanol–water partition coefficient (Wildman–Crippen LogP) is 2.20. The molecule has 0 aromatic heterocycles. The van der Waals surface area contributed by atoms with Gasteiger partial charge in [-0.05, 0) is 24.3 Å². The van der Waals surface area contributed by atoms with Crippen molar-refractivity contribution < 1.29 is 13.2 Å². The quantitative estimate of drug-likeness (QED) is 0.863. The first-order chi connectivity index (χ1) is 12.2. The summed E-state index contributed by atoms with van der Waals surface area (Å²) in [6.07, 6.45) is 0. The maximum atomic E-state index is 13.3. The summed E-state index contributed by atoms with van der Waals surface area (Å²) in [5, 5.41) is 3.28. The molecule has 1 saturated heterocycles. The lowest BCUT2D eigenvalue weighted by Crippen LogP contribution is -2.52. The zero-order valence-electron chi connectivity index (χ0n) is 14.2. The van der Waals surface area contributed by atoms with E-state index in [1.165, 1.54) is 4.31 Å². The van der Waals surface area contributed by atoms with Crippen molar-refractivity contribution in [1.82, 2.24) is 10.2 Å². The van der Waals surface area contributed by atoms with Crippen LogP contribution in [0.15, 0.2) is 54.6 Å². The Balaban J connectivity index is 0.00000196. The molecule has 2 aliphatic rings. The van der Waals surface area contributed by atoms with Crippen LogP contribution in [0.4, 0.5) is 11.4 Å². The van der Waals surface area contributed by atoms with Gasteiger partial charge in [0.15, 0.2) is 0 Å². The van der Waals surface area contributed by atoms with Crippen molar-refractivity contribution in [3.05, 3.63) is 54.6 Å². The molecule has 0 amide bonds. The molecule has 1 unspecified atom stereocenters. The van der Waals surface area contributed by atoms with Gasteiger partial charge in [0.2, 0.25) is 5.44 Å². The van der Waals surface area contributed by atoms with Gasteiger partial charge in [0, 0.05) is 26.2 Å². The second kappa shape index (κ2) is 7.84. The van der Waals surface area contributed by atoms with Gasteiger partial charge in [-0.3, -0.25) is 4.90 Å². The molecule has 4 rings (SSSR count). The highest BCUT2D eigenvalue weighted by Crippen LogP contribution is 2.42. The molecule has 1 fully saturated rings. The number of para-hydroxylation sites is 3. The summed E-state index contributed by atoms with van der Waals surface area (Å²) in [6, 6.07) is 16.5. The van der Waals surface area contributed by atoms with Gasteiger partial charge in [-0.1, -0.05) is 30.3 Å². The van der Waals surface area contributed by atoms with Crippen LogP contribution >= 0.6 is 12.4 Å². The highest BCUT2D eigenvalue weighted by Gasteiger charge is 2.42. The van der Waals surface area contributed by atoms with Crippen molar-refractivity contribution in [3.63, 3.8) is 0 Å². The molecule has 0 bridgehead atoms. The Kier molecular flexibility index (Phi) is 5.72. The molecule has 1 N–H and O–H groups in total. The van der Waals surface area contributed by atoms with Crippen LogP contribution in [0.3, 0.4) is 0 Å². The molecule has 6 nitrogen and oxygen atoms in total. The molecule has 2 aliphatic heterocycles. The van der Waals surface area contributed by atoms with Crippen molar-refractivity contribution >= 4 is 33.8 Å². The number of fused-ring (bicyclic) bond motifs is 1. The van der Waals surface area contributed by atoms with Crippen LogP contribution in [-0.4, -0.2) is 51.5 Å². The molecule has 2 aromatic carbocycles. The average Bonchev–Trinajstić information content (AvgIpc) is 2.64. The number of hydrogen-bond acceptors (Lipinski definition) is 5. The van der Waals surface area contributed by atoms with E-state index in [4.69, 9.17) is 4.74 Å². The minimum absolute atomic E-state index is 0. The number of rotatable bonds is 3. The standard InChI is InChI=1S/C18H21N3O3S.ClH/c22-25(23)18(14-20-12-10-19-11-13-20)24-17-9-5-4-8-16(17)21(25)15-6-2-1-3-7-15;/h1-9,18-19H,10-14H2;1H. The van der Waals surface area contributed by atoms with Gasteiger partial charge in [-0.2, -0.15) is 0 Å². The van der Waals surface area contributed by atoms with E-state index in [1.807, 2.05) is 48.5 Å². The van der Waals surface area contributed by atoms with Crippen molar-refractivity contribution in [1.29, 1.82) is 0 Å². The third-order valence-electron chi connectivity index (χ3n) is 4.54. The van der Waals surface area contributed by atoms with Crippen LogP contribution in [0.1, 0.15) is 0 Å². The number of anilines is 2. The van der Waals surface area contributed by atoms with Crippen molar-refractivity contribution in [2.45, 2.75) is 5.44 Å². The van der Waals surface area contributed by atoms with Crippen LogP contribution in [-0.2, 0) is 10.0 Å². The highest BCUT2D eigenvalue weighted by molar-refractivity contribution is 7.93. The Hall–Kier alpha value is -1.80. The number of nitrogens with zero attached hydrogens (tertiary/aromatic N) is 2. The lowest BCUT2D eigenvalue weighted by molar-refractivity contribution is 0.166. The number of nitrogens with one attached hydrogen (secondary N) is 1. The van der Waals surface area contributed by atoms with E-state index in [0.29, 0.717) is 23.7 Å². The Morgan fingerprint density at radius 2 is 1.65 bits per heavy atom. The van der Waals surface area contributed by atoms with E-state index >= 15 is 0 Å².